The first-order valence-electron chi connectivity index (χ1n) is 9.14. The van der Waals surface area contributed by atoms with E-state index in [0.29, 0.717) is 45.5 Å². The molecule has 32 heavy (non-hydrogen) atoms. The van der Waals surface area contributed by atoms with Gasteiger partial charge in [0, 0.05) is 24.6 Å². The number of oxime groups is 2. The molecular formula is C18H20Br2N4O6S2. The van der Waals surface area contributed by atoms with Gasteiger partial charge in [-0.2, -0.15) is 0 Å². The summed E-state index contributed by atoms with van der Waals surface area (Å²) in [5.41, 5.74) is -0.0917. The SMILES string of the molecule is O=C(NCCSSCCNC(=O)/C(Cc1ccc(Br)o1)=N/O)/C(Cc1ccc(Br)o1)=N/O. The van der Waals surface area contributed by atoms with Crippen LogP contribution in [0.3, 0.4) is 0 Å². The van der Waals surface area contributed by atoms with Crippen molar-refractivity contribution in [3.63, 3.8) is 0 Å². The lowest BCUT2D eigenvalue weighted by molar-refractivity contribution is -0.115. The van der Waals surface area contributed by atoms with Crippen molar-refractivity contribution in [2.45, 2.75) is 12.8 Å². The number of carbonyl (C=O) groups excluding carboxylic acids is 2. The molecule has 0 aliphatic carbocycles. The molecule has 0 aromatic carbocycles. The van der Waals surface area contributed by atoms with E-state index in [1.54, 1.807) is 24.3 Å². The Hall–Kier alpha value is -1.90. The summed E-state index contributed by atoms with van der Waals surface area (Å²) in [6, 6.07) is 6.74. The molecule has 0 saturated heterocycles. The van der Waals surface area contributed by atoms with Crippen LogP contribution in [0.2, 0.25) is 0 Å². The Balaban J connectivity index is 1.55. The van der Waals surface area contributed by atoms with Crippen molar-refractivity contribution in [3.8, 4) is 0 Å². The number of hydrogen-bond donors (Lipinski definition) is 4. The summed E-state index contributed by atoms with van der Waals surface area (Å²) < 4.78 is 11.6. The maximum atomic E-state index is 12.1. The molecule has 0 aliphatic heterocycles. The number of hydrogen-bond acceptors (Lipinski definition) is 10. The second-order valence-electron chi connectivity index (χ2n) is 6.01. The van der Waals surface area contributed by atoms with E-state index in [-0.39, 0.29) is 24.3 Å². The summed E-state index contributed by atoms with van der Waals surface area (Å²) in [5, 5.41) is 29.5. The first-order chi connectivity index (χ1) is 15.4. The average molecular weight is 612 g/mol. The second kappa shape index (κ2) is 14.3. The summed E-state index contributed by atoms with van der Waals surface area (Å²) in [5.74, 6) is 1.28. The third-order valence-electron chi connectivity index (χ3n) is 3.73. The van der Waals surface area contributed by atoms with Crippen molar-refractivity contribution in [2.75, 3.05) is 24.6 Å². The van der Waals surface area contributed by atoms with Crippen LogP contribution in [0.1, 0.15) is 11.5 Å². The number of halogens is 2. The molecule has 0 atom stereocenters. The molecule has 2 heterocycles. The zero-order chi connectivity index (χ0) is 23.3. The van der Waals surface area contributed by atoms with Gasteiger partial charge in [-0.3, -0.25) is 9.59 Å². The van der Waals surface area contributed by atoms with Crippen molar-refractivity contribution in [3.05, 3.63) is 45.1 Å². The van der Waals surface area contributed by atoms with E-state index >= 15 is 0 Å². The van der Waals surface area contributed by atoms with Gasteiger partial charge in [-0.05, 0) is 56.1 Å². The molecule has 2 aromatic heterocycles. The Morgan fingerprint density at radius 3 is 1.53 bits per heavy atom. The van der Waals surface area contributed by atoms with E-state index in [0.717, 1.165) is 0 Å². The van der Waals surface area contributed by atoms with Gasteiger partial charge >= 0.3 is 0 Å². The predicted molar refractivity (Wildman–Crippen MR) is 130 cm³/mol. The lowest BCUT2D eigenvalue weighted by Crippen LogP contribution is -2.34. The van der Waals surface area contributed by atoms with Crippen LogP contribution in [0, 0.1) is 0 Å². The van der Waals surface area contributed by atoms with Crippen molar-refractivity contribution >= 4 is 76.7 Å². The Kier molecular flexibility index (Phi) is 11.8. The fourth-order valence-corrected chi connectivity index (χ4v) is 4.77. The molecule has 0 bridgehead atoms. The van der Waals surface area contributed by atoms with E-state index in [1.165, 1.54) is 21.6 Å². The standard InChI is InChI=1S/C18H20Br2N4O6S2/c19-15-3-1-11(29-15)9-13(23-27)17(25)21-5-7-31-32-8-6-22-18(26)14(24-28)10-12-2-4-16(20)30-12/h1-4,27-28H,5-10H2,(H,21,25)(H,22,26)/b23-13+,24-14+. The minimum atomic E-state index is -0.475. The summed E-state index contributed by atoms with van der Waals surface area (Å²) >= 11 is 6.34. The largest absolute Gasteiger partial charge is 0.454 e. The van der Waals surface area contributed by atoms with Crippen LogP contribution in [0.15, 0.2) is 52.8 Å². The fourth-order valence-electron chi connectivity index (χ4n) is 2.28. The van der Waals surface area contributed by atoms with E-state index < -0.39 is 11.8 Å². The molecule has 0 saturated carbocycles. The van der Waals surface area contributed by atoms with Crippen LogP contribution in [-0.2, 0) is 22.4 Å². The number of carbonyl (C=O) groups is 2. The molecule has 4 N–H and O–H groups in total. The van der Waals surface area contributed by atoms with Gasteiger partial charge in [-0.15, -0.1) is 0 Å². The van der Waals surface area contributed by atoms with Crippen molar-refractivity contribution in [1.29, 1.82) is 0 Å². The number of rotatable bonds is 13. The Labute approximate surface area is 208 Å². The monoisotopic (exact) mass is 610 g/mol. The highest BCUT2D eigenvalue weighted by Crippen LogP contribution is 2.19. The summed E-state index contributed by atoms with van der Waals surface area (Å²) in [4.78, 5) is 24.1. The van der Waals surface area contributed by atoms with Gasteiger partial charge in [0.1, 0.15) is 11.5 Å². The van der Waals surface area contributed by atoms with Crippen molar-refractivity contribution in [2.24, 2.45) is 10.3 Å². The molecule has 2 amide bonds. The molecule has 0 radical (unpaired) electrons. The van der Waals surface area contributed by atoms with Gasteiger partial charge < -0.3 is 29.9 Å². The van der Waals surface area contributed by atoms with Crippen LogP contribution >= 0.6 is 53.4 Å². The third kappa shape index (κ3) is 9.30. The molecule has 0 aliphatic rings. The van der Waals surface area contributed by atoms with E-state index in [2.05, 4.69) is 52.8 Å². The molecule has 174 valence electrons. The summed E-state index contributed by atoms with van der Waals surface area (Å²) in [6.07, 6.45) is 0.150. The van der Waals surface area contributed by atoms with Crippen LogP contribution in [0.25, 0.3) is 0 Å². The minimum absolute atomic E-state index is 0.0459. The molecule has 0 spiro atoms. The van der Waals surface area contributed by atoms with Gasteiger partial charge in [-0.1, -0.05) is 31.9 Å². The van der Waals surface area contributed by atoms with Gasteiger partial charge in [-0.25, -0.2) is 0 Å². The molecule has 10 nitrogen and oxygen atoms in total. The van der Waals surface area contributed by atoms with Crippen LogP contribution < -0.4 is 10.6 Å². The van der Waals surface area contributed by atoms with Crippen molar-refractivity contribution in [1.82, 2.24) is 10.6 Å². The number of nitrogens with zero attached hydrogens (tertiary/aromatic N) is 2. The smallest absolute Gasteiger partial charge is 0.269 e. The summed E-state index contributed by atoms with van der Waals surface area (Å²) in [7, 11) is 3.03. The lowest BCUT2D eigenvalue weighted by atomic mass is 10.2. The second-order valence-corrected chi connectivity index (χ2v) is 10.3. The Morgan fingerprint density at radius 2 is 1.22 bits per heavy atom. The highest BCUT2D eigenvalue weighted by molar-refractivity contribution is 9.10. The van der Waals surface area contributed by atoms with Gasteiger partial charge in [0.15, 0.2) is 20.8 Å². The van der Waals surface area contributed by atoms with E-state index in [1.807, 2.05) is 0 Å². The maximum absolute atomic E-state index is 12.1. The zero-order valence-electron chi connectivity index (χ0n) is 16.5. The lowest BCUT2D eigenvalue weighted by Gasteiger charge is -2.07. The highest BCUT2D eigenvalue weighted by Gasteiger charge is 2.16. The molecule has 14 heteroatoms. The molecular weight excluding hydrogens is 592 g/mol. The summed E-state index contributed by atoms with van der Waals surface area (Å²) in [6.45, 7) is 0.757. The first kappa shape index (κ1) is 26.4. The average Bonchev–Trinajstić information content (AvgIpc) is 3.38. The van der Waals surface area contributed by atoms with E-state index in [4.69, 9.17) is 19.2 Å². The number of amides is 2. The van der Waals surface area contributed by atoms with Gasteiger partial charge in [0.2, 0.25) is 0 Å². The van der Waals surface area contributed by atoms with E-state index in [9.17, 15) is 9.59 Å². The predicted octanol–water partition coefficient (Wildman–Crippen LogP) is 3.46. The minimum Gasteiger partial charge on any atom is -0.454 e. The van der Waals surface area contributed by atoms with Crippen LogP contribution in [0.4, 0.5) is 0 Å². The topological polar surface area (TPSA) is 150 Å². The Bertz CT molecular complexity index is 887. The third-order valence-corrected chi connectivity index (χ3v) is 6.99. The number of nitrogens with one attached hydrogen (secondary N) is 2. The zero-order valence-corrected chi connectivity index (χ0v) is 21.4. The molecule has 0 unspecified atom stereocenters. The fraction of sp³-hybridized carbons (Fsp3) is 0.333. The maximum Gasteiger partial charge on any atom is 0.269 e. The van der Waals surface area contributed by atoms with Crippen LogP contribution in [0.5, 0.6) is 0 Å². The number of furan rings is 2. The molecule has 2 aromatic rings. The van der Waals surface area contributed by atoms with Gasteiger partial charge in [0.05, 0.1) is 12.8 Å². The van der Waals surface area contributed by atoms with Gasteiger partial charge in [0.25, 0.3) is 11.8 Å². The Morgan fingerprint density at radius 1 is 0.812 bits per heavy atom. The normalized spacial score (nSPS) is 12.1. The molecule has 0 fully saturated rings. The van der Waals surface area contributed by atoms with Crippen LogP contribution in [-0.4, -0.2) is 58.2 Å². The quantitative estimate of drug-likeness (QED) is 0.0884. The first-order valence-corrected chi connectivity index (χ1v) is 13.2. The highest BCUT2D eigenvalue weighted by atomic mass is 79.9. The van der Waals surface area contributed by atoms with Crippen molar-refractivity contribution < 1.29 is 28.8 Å². The molecule has 2 rings (SSSR count).